The van der Waals surface area contributed by atoms with Crippen LogP contribution in [0.15, 0.2) is 59.1 Å². The van der Waals surface area contributed by atoms with E-state index in [1.807, 2.05) is 30.3 Å². The van der Waals surface area contributed by atoms with Crippen molar-refractivity contribution in [3.8, 4) is 11.8 Å². The summed E-state index contributed by atoms with van der Waals surface area (Å²) in [6.45, 7) is 1.18. The minimum absolute atomic E-state index is 0.0166. The Morgan fingerprint density at radius 2 is 1.87 bits per heavy atom. The molecule has 1 fully saturated rings. The molecule has 0 spiro atoms. The normalized spacial score (nSPS) is 19.1. The molecule has 2 aromatic carbocycles. The molecule has 1 heterocycles. The molecule has 0 unspecified atom stereocenters. The maximum Gasteiger partial charge on any atom is 0.0977 e. The van der Waals surface area contributed by atoms with Crippen molar-refractivity contribution in [3.63, 3.8) is 0 Å². The number of hydrogen-bond acceptors (Lipinski definition) is 2. The van der Waals surface area contributed by atoms with Gasteiger partial charge in [-0.25, -0.2) is 0 Å². The first-order chi connectivity index (χ1) is 11.3. The number of benzene rings is 2. The quantitative estimate of drug-likeness (QED) is 0.826. The number of aliphatic hydroxyl groups is 1. The van der Waals surface area contributed by atoms with Crippen LogP contribution in [-0.2, 0) is 0 Å². The minimum Gasteiger partial charge on any atom is -0.395 e. The highest BCUT2D eigenvalue weighted by Gasteiger charge is 2.30. The number of halogens is 1. The van der Waals surface area contributed by atoms with Gasteiger partial charge >= 0.3 is 0 Å². The molecule has 2 nitrogen and oxygen atoms in total. The number of hydrogen-bond donors (Lipinski definition) is 1. The van der Waals surface area contributed by atoms with Gasteiger partial charge in [0.1, 0.15) is 0 Å². The average molecular weight is 370 g/mol. The SMILES string of the molecule is OC[C@@H]1CCCN1[C@H](C#Cc1ccccc1)c1ccc(Br)cc1. The van der Waals surface area contributed by atoms with E-state index in [1.54, 1.807) is 0 Å². The minimum atomic E-state index is 0.0166. The Hall–Kier alpha value is -1.60. The molecule has 3 heteroatoms. The topological polar surface area (TPSA) is 23.5 Å². The summed E-state index contributed by atoms with van der Waals surface area (Å²) in [4.78, 5) is 2.33. The third-order valence-electron chi connectivity index (χ3n) is 4.28. The van der Waals surface area contributed by atoms with E-state index in [1.165, 1.54) is 5.56 Å². The summed E-state index contributed by atoms with van der Waals surface area (Å²) in [5.41, 5.74) is 2.20. The van der Waals surface area contributed by atoms with Gasteiger partial charge in [0.05, 0.1) is 12.6 Å². The maximum absolute atomic E-state index is 9.66. The van der Waals surface area contributed by atoms with Crippen LogP contribution in [0.25, 0.3) is 0 Å². The van der Waals surface area contributed by atoms with Gasteiger partial charge in [0.15, 0.2) is 0 Å². The largest absolute Gasteiger partial charge is 0.395 e. The zero-order valence-electron chi connectivity index (χ0n) is 13.0. The Labute approximate surface area is 146 Å². The molecule has 0 radical (unpaired) electrons. The van der Waals surface area contributed by atoms with Gasteiger partial charge in [-0.2, -0.15) is 0 Å². The Morgan fingerprint density at radius 1 is 1.13 bits per heavy atom. The monoisotopic (exact) mass is 369 g/mol. The van der Waals surface area contributed by atoms with Gasteiger partial charge in [-0.3, -0.25) is 4.90 Å². The third-order valence-corrected chi connectivity index (χ3v) is 4.81. The van der Waals surface area contributed by atoms with Crippen LogP contribution in [0.4, 0.5) is 0 Å². The molecule has 1 saturated heterocycles. The predicted molar refractivity (Wildman–Crippen MR) is 97.0 cm³/mol. The lowest BCUT2D eigenvalue weighted by molar-refractivity contribution is 0.140. The Morgan fingerprint density at radius 3 is 2.57 bits per heavy atom. The van der Waals surface area contributed by atoms with E-state index in [0.29, 0.717) is 0 Å². The summed E-state index contributed by atoms with van der Waals surface area (Å²) >= 11 is 3.49. The molecule has 2 aromatic rings. The van der Waals surface area contributed by atoms with E-state index in [-0.39, 0.29) is 18.7 Å². The lowest BCUT2D eigenvalue weighted by atomic mass is 10.0. The van der Waals surface area contributed by atoms with Gasteiger partial charge in [-0.1, -0.05) is 58.1 Å². The van der Waals surface area contributed by atoms with Crippen molar-refractivity contribution in [2.75, 3.05) is 13.2 Å². The molecule has 118 valence electrons. The molecule has 0 bridgehead atoms. The summed E-state index contributed by atoms with van der Waals surface area (Å²) in [6, 6.07) is 18.6. The van der Waals surface area contributed by atoms with Gasteiger partial charge in [0.25, 0.3) is 0 Å². The molecule has 3 rings (SSSR count). The van der Waals surface area contributed by atoms with Crippen LogP contribution in [0.1, 0.15) is 30.0 Å². The van der Waals surface area contributed by atoms with Gasteiger partial charge in [-0.15, -0.1) is 0 Å². The average Bonchev–Trinajstić information content (AvgIpc) is 3.06. The smallest absolute Gasteiger partial charge is 0.0977 e. The van der Waals surface area contributed by atoms with Crippen LogP contribution in [0.5, 0.6) is 0 Å². The van der Waals surface area contributed by atoms with Crippen LogP contribution < -0.4 is 0 Å². The Balaban J connectivity index is 1.93. The van der Waals surface area contributed by atoms with Gasteiger partial charge in [-0.05, 0) is 42.7 Å². The van der Waals surface area contributed by atoms with Crippen LogP contribution in [0, 0.1) is 11.8 Å². The number of aliphatic hydroxyl groups excluding tert-OH is 1. The second-order valence-corrected chi connectivity index (χ2v) is 6.72. The van der Waals surface area contributed by atoms with Crippen LogP contribution in [-0.4, -0.2) is 29.2 Å². The van der Waals surface area contributed by atoms with Crippen molar-refractivity contribution >= 4 is 15.9 Å². The summed E-state index contributed by atoms with van der Waals surface area (Å²) in [7, 11) is 0. The fraction of sp³-hybridized carbons (Fsp3) is 0.300. The molecule has 1 aliphatic rings. The zero-order valence-corrected chi connectivity index (χ0v) is 14.5. The van der Waals surface area contributed by atoms with Crippen molar-refractivity contribution < 1.29 is 5.11 Å². The van der Waals surface area contributed by atoms with Crippen molar-refractivity contribution in [2.24, 2.45) is 0 Å². The van der Waals surface area contributed by atoms with E-state index >= 15 is 0 Å². The molecular formula is C20H20BrNO. The highest BCUT2D eigenvalue weighted by atomic mass is 79.9. The molecule has 23 heavy (non-hydrogen) atoms. The molecule has 0 amide bonds. The maximum atomic E-state index is 9.66. The number of likely N-dealkylation sites (tertiary alicyclic amines) is 1. The first-order valence-corrected chi connectivity index (χ1v) is 8.76. The molecule has 2 atom stereocenters. The summed E-state index contributed by atoms with van der Waals surface area (Å²) in [6.07, 6.45) is 2.15. The third kappa shape index (κ3) is 4.03. The Bertz CT molecular complexity index is 687. The summed E-state index contributed by atoms with van der Waals surface area (Å²) < 4.78 is 1.07. The predicted octanol–water partition coefficient (Wildman–Crippen LogP) is 4.00. The van der Waals surface area contributed by atoms with Crippen molar-refractivity contribution in [1.82, 2.24) is 4.90 Å². The zero-order chi connectivity index (χ0) is 16.1. The Kier molecular flexibility index (Phi) is 5.51. The molecule has 0 aromatic heterocycles. The first-order valence-electron chi connectivity index (χ1n) is 7.96. The second-order valence-electron chi connectivity index (χ2n) is 5.81. The highest BCUT2D eigenvalue weighted by Crippen LogP contribution is 2.29. The molecule has 0 aliphatic carbocycles. The van der Waals surface area contributed by atoms with Gasteiger partial charge in [0.2, 0.25) is 0 Å². The first kappa shape index (κ1) is 16.3. The van der Waals surface area contributed by atoms with Crippen LogP contribution >= 0.6 is 15.9 Å². The van der Waals surface area contributed by atoms with E-state index in [4.69, 9.17) is 0 Å². The highest BCUT2D eigenvalue weighted by molar-refractivity contribution is 9.10. The second kappa shape index (κ2) is 7.79. The molecule has 1 N–H and O–H groups in total. The molecular weight excluding hydrogens is 350 g/mol. The molecule has 1 aliphatic heterocycles. The van der Waals surface area contributed by atoms with Gasteiger partial charge < -0.3 is 5.11 Å². The van der Waals surface area contributed by atoms with E-state index in [2.05, 4.69) is 56.9 Å². The summed E-state index contributed by atoms with van der Waals surface area (Å²) in [5, 5.41) is 9.66. The lowest BCUT2D eigenvalue weighted by Gasteiger charge is -2.29. The summed E-state index contributed by atoms with van der Waals surface area (Å²) in [5.74, 6) is 6.72. The number of nitrogens with zero attached hydrogens (tertiary/aromatic N) is 1. The van der Waals surface area contributed by atoms with Crippen LogP contribution in [0.2, 0.25) is 0 Å². The standard InChI is InChI=1S/C20H20BrNO/c21-18-11-9-17(10-12-18)20(22-14-4-7-19(22)15-23)13-8-16-5-2-1-3-6-16/h1-3,5-6,9-12,19-20,23H,4,7,14-15H2/t19-,20+/m0/s1. The molecule has 0 saturated carbocycles. The fourth-order valence-electron chi connectivity index (χ4n) is 3.07. The van der Waals surface area contributed by atoms with E-state index in [0.717, 1.165) is 29.4 Å². The van der Waals surface area contributed by atoms with Crippen molar-refractivity contribution in [1.29, 1.82) is 0 Å². The van der Waals surface area contributed by atoms with E-state index < -0.39 is 0 Å². The number of rotatable bonds is 3. The lowest BCUT2D eigenvalue weighted by Crippen LogP contribution is -2.35. The van der Waals surface area contributed by atoms with Crippen molar-refractivity contribution in [2.45, 2.75) is 24.9 Å². The fourth-order valence-corrected chi connectivity index (χ4v) is 3.33. The van der Waals surface area contributed by atoms with E-state index in [9.17, 15) is 5.11 Å². The van der Waals surface area contributed by atoms with Gasteiger partial charge in [0, 0.05) is 22.6 Å². The van der Waals surface area contributed by atoms with Crippen LogP contribution in [0.3, 0.4) is 0 Å². The van der Waals surface area contributed by atoms with Crippen molar-refractivity contribution in [3.05, 3.63) is 70.2 Å².